The molecule has 0 aromatic heterocycles. The normalized spacial score (nSPS) is 24.4. The Balaban J connectivity index is 2.24. The Labute approximate surface area is 76.4 Å². The molecule has 1 aliphatic carbocycles. The molecule has 12 heavy (non-hydrogen) atoms. The molecule has 0 bridgehead atoms. The van der Waals surface area contributed by atoms with Crippen molar-refractivity contribution in [3.63, 3.8) is 0 Å². The predicted molar refractivity (Wildman–Crippen MR) is 50.0 cm³/mol. The SMILES string of the molecule is O=S(O)NC1CCCCCCC1. The fraction of sp³-hybridized carbons (Fsp3) is 1.00. The molecule has 4 heteroatoms. The smallest absolute Gasteiger partial charge is 0.231 e. The number of rotatable bonds is 2. The van der Waals surface area contributed by atoms with Gasteiger partial charge in [-0.2, -0.15) is 0 Å². The molecule has 0 spiro atoms. The number of hydrogen-bond acceptors (Lipinski definition) is 1. The molecule has 3 nitrogen and oxygen atoms in total. The van der Waals surface area contributed by atoms with Crippen LogP contribution in [0, 0.1) is 0 Å². The van der Waals surface area contributed by atoms with Gasteiger partial charge in [-0.15, -0.1) is 0 Å². The molecule has 1 atom stereocenters. The van der Waals surface area contributed by atoms with Gasteiger partial charge in [-0.05, 0) is 12.8 Å². The molecule has 0 radical (unpaired) electrons. The van der Waals surface area contributed by atoms with Gasteiger partial charge in [0.1, 0.15) is 0 Å². The van der Waals surface area contributed by atoms with Gasteiger partial charge in [0.15, 0.2) is 0 Å². The van der Waals surface area contributed by atoms with E-state index in [4.69, 9.17) is 4.55 Å². The summed E-state index contributed by atoms with van der Waals surface area (Å²) in [5, 5.41) is 0. The Morgan fingerprint density at radius 1 is 1.08 bits per heavy atom. The van der Waals surface area contributed by atoms with Crippen molar-refractivity contribution in [1.82, 2.24) is 4.72 Å². The maximum absolute atomic E-state index is 10.5. The minimum absolute atomic E-state index is 0.260. The zero-order valence-corrected chi connectivity index (χ0v) is 8.11. The lowest BCUT2D eigenvalue weighted by molar-refractivity contribution is 0.422. The first-order chi connectivity index (χ1) is 5.79. The summed E-state index contributed by atoms with van der Waals surface area (Å²) >= 11 is -1.83. The summed E-state index contributed by atoms with van der Waals surface area (Å²) in [6.07, 6.45) is 8.35. The molecule has 1 unspecified atom stereocenters. The number of hydrogen-bond donors (Lipinski definition) is 2. The van der Waals surface area contributed by atoms with Gasteiger partial charge in [-0.3, -0.25) is 4.55 Å². The van der Waals surface area contributed by atoms with E-state index in [1.54, 1.807) is 0 Å². The predicted octanol–water partition coefficient (Wildman–Crippen LogP) is 1.83. The van der Waals surface area contributed by atoms with Crippen molar-refractivity contribution in [2.45, 2.75) is 51.0 Å². The molecule has 0 saturated heterocycles. The van der Waals surface area contributed by atoms with Crippen LogP contribution in [-0.4, -0.2) is 14.8 Å². The molecule has 2 N–H and O–H groups in total. The molecule has 0 heterocycles. The quantitative estimate of drug-likeness (QED) is 0.654. The van der Waals surface area contributed by atoms with E-state index >= 15 is 0 Å². The van der Waals surface area contributed by atoms with Gasteiger partial charge in [0, 0.05) is 6.04 Å². The lowest BCUT2D eigenvalue weighted by Crippen LogP contribution is -2.30. The molecular formula is C8H17NO2S. The molecule has 0 aliphatic heterocycles. The van der Waals surface area contributed by atoms with E-state index in [0.29, 0.717) is 0 Å². The fourth-order valence-corrected chi connectivity index (χ4v) is 2.24. The van der Waals surface area contributed by atoms with Crippen molar-refractivity contribution < 1.29 is 8.76 Å². The Morgan fingerprint density at radius 3 is 2.08 bits per heavy atom. The largest absolute Gasteiger partial charge is 0.294 e. The zero-order chi connectivity index (χ0) is 8.81. The summed E-state index contributed by atoms with van der Waals surface area (Å²) < 4.78 is 21.8. The van der Waals surface area contributed by atoms with Crippen molar-refractivity contribution in [1.29, 1.82) is 0 Å². The average molecular weight is 191 g/mol. The first-order valence-electron chi connectivity index (χ1n) is 4.66. The van der Waals surface area contributed by atoms with Crippen LogP contribution in [0.2, 0.25) is 0 Å². The van der Waals surface area contributed by atoms with Crippen molar-refractivity contribution in [2.75, 3.05) is 0 Å². The Morgan fingerprint density at radius 2 is 1.58 bits per heavy atom. The fourth-order valence-electron chi connectivity index (χ4n) is 1.72. The molecule has 1 fully saturated rings. The van der Waals surface area contributed by atoms with E-state index in [-0.39, 0.29) is 6.04 Å². The first kappa shape index (κ1) is 10.2. The van der Waals surface area contributed by atoms with Crippen LogP contribution >= 0.6 is 0 Å². The third-order valence-corrected chi connectivity index (χ3v) is 2.91. The second-order valence-corrected chi connectivity index (χ2v) is 4.14. The monoisotopic (exact) mass is 191 g/mol. The van der Waals surface area contributed by atoms with Gasteiger partial charge in [0.05, 0.1) is 0 Å². The third-order valence-electron chi connectivity index (χ3n) is 2.37. The summed E-state index contributed by atoms with van der Waals surface area (Å²) in [4.78, 5) is 0. The lowest BCUT2D eigenvalue weighted by Gasteiger charge is -2.18. The highest BCUT2D eigenvalue weighted by atomic mass is 32.2. The Hall–Kier alpha value is 0.0700. The molecule has 72 valence electrons. The lowest BCUT2D eigenvalue weighted by atomic mass is 9.97. The zero-order valence-electron chi connectivity index (χ0n) is 7.29. The molecule has 0 aromatic carbocycles. The van der Waals surface area contributed by atoms with Gasteiger partial charge in [0.25, 0.3) is 0 Å². The van der Waals surface area contributed by atoms with Crippen LogP contribution in [0.1, 0.15) is 44.9 Å². The van der Waals surface area contributed by atoms with Gasteiger partial charge in [-0.25, -0.2) is 8.93 Å². The molecule has 0 aromatic rings. The minimum atomic E-state index is -1.83. The van der Waals surface area contributed by atoms with E-state index < -0.39 is 11.3 Å². The summed E-state index contributed by atoms with van der Waals surface area (Å²) in [6, 6.07) is 0.260. The third kappa shape index (κ3) is 4.18. The van der Waals surface area contributed by atoms with Crippen LogP contribution in [0.15, 0.2) is 0 Å². The van der Waals surface area contributed by atoms with Crippen molar-refractivity contribution in [3.05, 3.63) is 0 Å². The van der Waals surface area contributed by atoms with Crippen molar-refractivity contribution in [3.8, 4) is 0 Å². The van der Waals surface area contributed by atoms with Crippen LogP contribution in [0.3, 0.4) is 0 Å². The van der Waals surface area contributed by atoms with Crippen LogP contribution in [0.4, 0.5) is 0 Å². The van der Waals surface area contributed by atoms with Crippen LogP contribution < -0.4 is 4.72 Å². The molecule has 0 amide bonds. The highest BCUT2D eigenvalue weighted by molar-refractivity contribution is 7.77. The van der Waals surface area contributed by atoms with E-state index in [1.807, 2.05) is 0 Å². The van der Waals surface area contributed by atoms with E-state index in [2.05, 4.69) is 4.72 Å². The van der Waals surface area contributed by atoms with Gasteiger partial charge < -0.3 is 0 Å². The summed E-state index contributed by atoms with van der Waals surface area (Å²) in [5.74, 6) is 0. The van der Waals surface area contributed by atoms with Crippen molar-refractivity contribution >= 4 is 11.3 Å². The standard InChI is InChI=1S/C8H17NO2S/c10-12(11)9-8-6-4-2-1-3-5-7-8/h8-9H,1-7H2,(H,10,11). The molecule has 1 rings (SSSR count). The van der Waals surface area contributed by atoms with Crippen LogP contribution in [0.25, 0.3) is 0 Å². The molecule has 1 aliphatic rings. The Bertz CT molecular complexity index is 144. The second-order valence-electron chi connectivity index (χ2n) is 3.41. The van der Waals surface area contributed by atoms with E-state index in [0.717, 1.165) is 12.8 Å². The minimum Gasteiger partial charge on any atom is -0.294 e. The summed E-state index contributed by atoms with van der Waals surface area (Å²) in [7, 11) is 0. The van der Waals surface area contributed by atoms with E-state index in [1.165, 1.54) is 32.1 Å². The first-order valence-corrected chi connectivity index (χ1v) is 5.77. The highest BCUT2D eigenvalue weighted by Crippen LogP contribution is 2.16. The van der Waals surface area contributed by atoms with Crippen LogP contribution in [0.5, 0.6) is 0 Å². The Kier molecular flexibility index (Phi) is 4.80. The van der Waals surface area contributed by atoms with Gasteiger partial charge >= 0.3 is 0 Å². The maximum atomic E-state index is 10.5. The summed E-state index contributed by atoms with van der Waals surface area (Å²) in [5.41, 5.74) is 0. The maximum Gasteiger partial charge on any atom is 0.231 e. The van der Waals surface area contributed by atoms with Gasteiger partial charge in [-0.1, -0.05) is 32.1 Å². The molecular weight excluding hydrogens is 174 g/mol. The second kappa shape index (κ2) is 5.67. The van der Waals surface area contributed by atoms with Crippen molar-refractivity contribution in [2.24, 2.45) is 0 Å². The topological polar surface area (TPSA) is 49.3 Å². The molecule has 1 saturated carbocycles. The number of nitrogens with one attached hydrogen (secondary N) is 1. The van der Waals surface area contributed by atoms with E-state index in [9.17, 15) is 4.21 Å². The van der Waals surface area contributed by atoms with Crippen LogP contribution in [-0.2, 0) is 11.3 Å². The average Bonchev–Trinajstić information content (AvgIpc) is 1.93. The highest BCUT2D eigenvalue weighted by Gasteiger charge is 2.11. The summed E-state index contributed by atoms with van der Waals surface area (Å²) in [6.45, 7) is 0. The van der Waals surface area contributed by atoms with Gasteiger partial charge in [0.2, 0.25) is 11.3 Å².